The number of aliphatic hydroxyl groups excluding tert-OH is 1. The number of rotatable bonds is 7. The molecule has 3 heterocycles. The van der Waals surface area contributed by atoms with Crippen LogP contribution in [0.3, 0.4) is 0 Å². The third kappa shape index (κ3) is 3.93. The number of ketones is 1. The highest BCUT2D eigenvalue weighted by atomic mass is 32.1. The second-order valence-electron chi connectivity index (χ2n) is 7.91. The van der Waals surface area contributed by atoms with E-state index in [1.807, 2.05) is 25.1 Å². The number of methoxy groups -OCH3 is 1. The molecule has 8 nitrogen and oxygen atoms in total. The van der Waals surface area contributed by atoms with Crippen LogP contribution in [-0.4, -0.2) is 35.5 Å². The number of ether oxygens (including phenoxy) is 2. The van der Waals surface area contributed by atoms with Crippen molar-refractivity contribution >= 4 is 38.4 Å². The zero-order chi connectivity index (χ0) is 24.7. The molecule has 178 valence electrons. The summed E-state index contributed by atoms with van der Waals surface area (Å²) in [6, 6.07) is 14.7. The van der Waals surface area contributed by atoms with E-state index in [4.69, 9.17) is 13.9 Å². The third-order valence-corrected chi connectivity index (χ3v) is 6.73. The number of hydrogen-bond donors (Lipinski definition) is 1. The number of benzene rings is 2. The van der Waals surface area contributed by atoms with Gasteiger partial charge in [-0.2, -0.15) is 0 Å². The lowest BCUT2D eigenvalue weighted by atomic mass is 9.95. The predicted molar refractivity (Wildman–Crippen MR) is 131 cm³/mol. The highest BCUT2D eigenvalue weighted by molar-refractivity contribution is 7.22. The van der Waals surface area contributed by atoms with E-state index in [9.17, 15) is 14.7 Å². The molecular weight excluding hydrogens is 468 g/mol. The molecule has 1 aliphatic heterocycles. The van der Waals surface area contributed by atoms with Crippen LogP contribution in [0.5, 0.6) is 11.5 Å². The Balaban J connectivity index is 1.64. The lowest BCUT2D eigenvalue weighted by Crippen LogP contribution is -2.30. The van der Waals surface area contributed by atoms with Gasteiger partial charge in [-0.15, -0.1) is 0 Å². The molecule has 2 aromatic carbocycles. The molecule has 0 saturated carbocycles. The fourth-order valence-corrected chi connectivity index (χ4v) is 5.10. The van der Waals surface area contributed by atoms with Gasteiger partial charge in [0, 0.05) is 0 Å². The van der Waals surface area contributed by atoms with E-state index < -0.39 is 23.5 Å². The molecular formula is C26H22N2O6S. The normalized spacial score (nSPS) is 15.8. The molecule has 0 radical (unpaired) electrons. The predicted octanol–water partition coefficient (Wildman–Crippen LogP) is 5.39. The lowest BCUT2D eigenvalue weighted by Gasteiger charge is -2.24. The molecule has 0 fully saturated rings. The zero-order valence-electron chi connectivity index (χ0n) is 19.3. The average molecular weight is 491 g/mol. The van der Waals surface area contributed by atoms with Crippen molar-refractivity contribution in [3.8, 4) is 11.5 Å². The number of aryl methyl sites for hydroxylation is 1. The van der Waals surface area contributed by atoms with Gasteiger partial charge in [0.15, 0.2) is 16.7 Å². The highest BCUT2D eigenvalue weighted by Crippen LogP contribution is 2.44. The van der Waals surface area contributed by atoms with E-state index in [1.54, 1.807) is 44.4 Å². The topological polar surface area (TPSA) is 102 Å². The smallest absolute Gasteiger partial charge is 0.296 e. The van der Waals surface area contributed by atoms with E-state index in [0.29, 0.717) is 40.1 Å². The van der Waals surface area contributed by atoms with Gasteiger partial charge < -0.3 is 19.0 Å². The average Bonchev–Trinajstić information content (AvgIpc) is 3.55. The number of aromatic nitrogens is 1. The minimum Gasteiger partial charge on any atom is -0.503 e. The minimum absolute atomic E-state index is 0.0443. The van der Waals surface area contributed by atoms with Gasteiger partial charge in [-0.25, -0.2) is 4.98 Å². The molecule has 4 aromatic rings. The van der Waals surface area contributed by atoms with Crippen molar-refractivity contribution < 1.29 is 28.6 Å². The van der Waals surface area contributed by atoms with Gasteiger partial charge in [-0.3, -0.25) is 14.5 Å². The Kier molecular flexibility index (Phi) is 5.78. The van der Waals surface area contributed by atoms with Crippen molar-refractivity contribution in [2.45, 2.75) is 19.9 Å². The summed E-state index contributed by atoms with van der Waals surface area (Å²) in [5.41, 5.74) is 1.23. The van der Waals surface area contributed by atoms with Crippen LogP contribution in [0.1, 0.15) is 34.8 Å². The maximum atomic E-state index is 13.4. The van der Waals surface area contributed by atoms with Crippen molar-refractivity contribution in [2.75, 3.05) is 18.6 Å². The monoisotopic (exact) mass is 490 g/mol. The summed E-state index contributed by atoms with van der Waals surface area (Å²) in [5.74, 6) is 0.0120. The Labute approximate surface area is 205 Å². The van der Waals surface area contributed by atoms with Gasteiger partial charge in [0.1, 0.15) is 17.3 Å². The van der Waals surface area contributed by atoms with Crippen molar-refractivity contribution in [3.05, 3.63) is 83.0 Å². The van der Waals surface area contributed by atoms with E-state index >= 15 is 0 Å². The van der Waals surface area contributed by atoms with E-state index in [0.717, 1.165) is 4.70 Å². The molecule has 0 saturated heterocycles. The van der Waals surface area contributed by atoms with Crippen LogP contribution in [0.2, 0.25) is 0 Å². The van der Waals surface area contributed by atoms with Crippen LogP contribution < -0.4 is 14.4 Å². The fraction of sp³-hybridized carbons (Fsp3) is 0.192. The number of amides is 1. The molecule has 1 N–H and O–H groups in total. The van der Waals surface area contributed by atoms with Gasteiger partial charge in [0.05, 0.1) is 35.5 Å². The maximum absolute atomic E-state index is 13.4. The summed E-state index contributed by atoms with van der Waals surface area (Å²) in [5, 5.41) is 11.3. The van der Waals surface area contributed by atoms with Gasteiger partial charge in [-0.1, -0.05) is 23.5 Å². The Morgan fingerprint density at radius 3 is 2.54 bits per heavy atom. The SMILES string of the molecule is CCOc1ccc2nc(N3C(=O)C(O)=C(C(=O)c4ccc(C)o4)[C@@H]3c3ccc(OC)cc3)sc2c1. The van der Waals surface area contributed by atoms with Crippen molar-refractivity contribution in [2.24, 2.45) is 0 Å². The molecule has 1 atom stereocenters. The summed E-state index contributed by atoms with van der Waals surface area (Å²) in [7, 11) is 1.55. The van der Waals surface area contributed by atoms with Gasteiger partial charge in [0.25, 0.3) is 5.91 Å². The van der Waals surface area contributed by atoms with E-state index in [1.165, 1.54) is 22.3 Å². The molecule has 1 amide bonds. The second-order valence-corrected chi connectivity index (χ2v) is 8.92. The molecule has 0 bridgehead atoms. The molecule has 0 unspecified atom stereocenters. The summed E-state index contributed by atoms with van der Waals surface area (Å²) >= 11 is 1.28. The minimum atomic E-state index is -0.904. The highest BCUT2D eigenvalue weighted by Gasteiger charge is 2.46. The van der Waals surface area contributed by atoms with Crippen LogP contribution in [0.4, 0.5) is 5.13 Å². The molecule has 5 rings (SSSR count). The maximum Gasteiger partial charge on any atom is 0.296 e. The zero-order valence-corrected chi connectivity index (χ0v) is 20.1. The van der Waals surface area contributed by atoms with Crippen LogP contribution in [0.15, 0.2) is 70.3 Å². The Morgan fingerprint density at radius 1 is 1.14 bits per heavy atom. The van der Waals surface area contributed by atoms with Gasteiger partial charge >= 0.3 is 0 Å². The first kappa shape index (κ1) is 22.7. The second kappa shape index (κ2) is 8.92. The van der Waals surface area contributed by atoms with Crippen molar-refractivity contribution in [1.82, 2.24) is 4.98 Å². The van der Waals surface area contributed by atoms with Crippen molar-refractivity contribution in [3.63, 3.8) is 0 Å². The number of fused-ring (bicyclic) bond motifs is 1. The summed E-state index contributed by atoms with van der Waals surface area (Å²) in [4.78, 5) is 32.8. The first-order valence-electron chi connectivity index (χ1n) is 11.0. The number of hydrogen-bond acceptors (Lipinski definition) is 8. The summed E-state index contributed by atoms with van der Waals surface area (Å²) in [6.07, 6.45) is 0. The van der Waals surface area contributed by atoms with Crippen LogP contribution >= 0.6 is 11.3 Å². The molecule has 0 aliphatic carbocycles. The number of furan rings is 1. The quantitative estimate of drug-likeness (QED) is 0.347. The van der Waals surface area contributed by atoms with Gasteiger partial charge in [-0.05, 0) is 61.9 Å². The lowest BCUT2D eigenvalue weighted by molar-refractivity contribution is -0.117. The molecule has 2 aromatic heterocycles. The number of Topliss-reactive ketones (excluding diaryl/α,β-unsaturated/α-hetero) is 1. The molecule has 35 heavy (non-hydrogen) atoms. The fourth-order valence-electron chi connectivity index (χ4n) is 4.08. The third-order valence-electron chi connectivity index (χ3n) is 5.71. The largest absolute Gasteiger partial charge is 0.503 e. The first-order valence-corrected chi connectivity index (χ1v) is 11.8. The number of aliphatic hydroxyl groups is 1. The molecule has 9 heteroatoms. The number of carbonyl (C=O) groups is 2. The number of thiazole rings is 1. The Bertz CT molecular complexity index is 1470. The Morgan fingerprint density at radius 2 is 1.89 bits per heavy atom. The standard InChI is InChI=1S/C26H22N2O6S/c1-4-33-17-10-11-18-20(13-17)35-26(27-18)28-22(15-6-8-16(32-3)9-7-15)21(24(30)25(28)31)23(29)19-12-5-14(2)34-19/h5-13,22,30H,4H2,1-3H3/t22-/m0/s1. The van der Waals surface area contributed by atoms with Gasteiger partial charge in [0.2, 0.25) is 5.78 Å². The van der Waals surface area contributed by atoms with E-state index in [2.05, 4.69) is 4.98 Å². The summed E-state index contributed by atoms with van der Waals surface area (Å²) < 4.78 is 17.2. The number of carbonyl (C=O) groups excluding carboxylic acids is 2. The van der Waals surface area contributed by atoms with Crippen molar-refractivity contribution in [1.29, 1.82) is 0 Å². The molecule has 1 aliphatic rings. The number of nitrogens with zero attached hydrogens (tertiary/aromatic N) is 2. The Hall–Kier alpha value is -4.11. The molecule has 0 spiro atoms. The first-order chi connectivity index (χ1) is 16.9. The van der Waals surface area contributed by atoms with Crippen LogP contribution in [0.25, 0.3) is 10.2 Å². The number of anilines is 1. The van der Waals surface area contributed by atoms with E-state index in [-0.39, 0.29) is 11.3 Å². The van der Waals surface area contributed by atoms with Crippen LogP contribution in [-0.2, 0) is 4.79 Å². The van der Waals surface area contributed by atoms with Crippen LogP contribution in [0, 0.1) is 6.92 Å². The summed E-state index contributed by atoms with van der Waals surface area (Å²) in [6.45, 7) is 4.14.